The number of amides is 5. The molecular formula is C45H66N4O6. The number of carbonyl (C=O) groups is 5. The monoisotopic (exact) mass is 758 g/mol. The third-order valence-corrected chi connectivity index (χ3v) is 11.4. The van der Waals surface area contributed by atoms with Crippen molar-refractivity contribution in [1.82, 2.24) is 9.80 Å². The summed E-state index contributed by atoms with van der Waals surface area (Å²) in [6.07, 6.45) is 18.1. The number of Topliss-reactive ketones (excluding diaryl/α,β-unsaturated/α-hetero) is 1. The minimum atomic E-state index is -1.66. The summed E-state index contributed by atoms with van der Waals surface area (Å²) in [5.74, 6) is -1.66. The Labute approximate surface area is 329 Å². The number of unbranched alkanes of at least 4 members (excludes halogenated alkanes) is 10. The highest BCUT2D eigenvalue weighted by Crippen LogP contribution is 2.41. The van der Waals surface area contributed by atoms with E-state index in [1.807, 2.05) is 44.2 Å². The van der Waals surface area contributed by atoms with Crippen molar-refractivity contribution in [2.75, 3.05) is 23.8 Å². The second kappa shape index (κ2) is 22.4. The fourth-order valence-corrected chi connectivity index (χ4v) is 7.85. The fraction of sp³-hybridized carbons (Fsp3) is 0.622. The van der Waals surface area contributed by atoms with Crippen molar-refractivity contribution in [2.24, 2.45) is 11.3 Å². The minimum absolute atomic E-state index is 0.0961. The number of urea groups is 1. The van der Waals surface area contributed by atoms with E-state index in [2.05, 4.69) is 24.5 Å². The molecule has 10 nitrogen and oxygen atoms in total. The van der Waals surface area contributed by atoms with E-state index in [0.717, 1.165) is 61.8 Å². The molecule has 1 aliphatic heterocycles. The van der Waals surface area contributed by atoms with Gasteiger partial charge in [-0.05, 0) is 55.9 Å². The van der Waals surface area contributed by atoms with Gasteiger partial charge in [-0.2, -0.15) is 0 Å². The van der Waals surface area contributed by atoms with E-state index in [0.29, 0.717) is 37.3 Å². The van der Waals surface area contributed by atoms with Gasteiger partial charge in [0, 0.05) is 23.6 Å². The molecule has 0 radical (unpaired) electrons. The average molecular weight is 759 g/mol. The number of benzene rings is 2. The summed E-state index contributed by atoms with van der Waals surface area (Å²) in [6.45, 7) is 8.54. The number of anilines is 2. The molecule has 1 heterocycles. The Morgan fingerprint density at radius 3 is 2.05 bits per heavy atom. The van der Waals surface area contributed by atoms with Gasteiger partial charge in [-0.1, -0.05) is 141 Å². The molecule has 2 N–H and O–H groups in total. The topological polar surface area (TPSA) is 125 Å². The maximum atomic E-state index is 14.5. The van der Waals surface area contributed by atoms with Gasteiger partial charge in [0.1, 0.15) is 12.3 Å². The zero-order valence-corrected chi connectivity index (χ0v) is 34.0. The normalized spacial score (nSPS) is 16.3. The summed E-state index contributed by atoms with van der Waals surface area (Å²) in [7, 11) is 0. The van der Waals surface area contributed by atoms with Crippen LogP contribution >= 0.6 is 0 Å². The molecule has 10 heteroatoms. The van der Waals surface area contributed by atoms with Crippen molar-refractivity contribution in [3.8, 4) is 5.75 Å². The van der Waals surface area contributed by atoms with E-state index in [4.69, 9.17) is 4.74 Å². The van der Waals surface area contributed by atoms with Crippen LogP contribution in [0.3, 0.4) is 0 Å². The van der Waals surface area contributed by atoms with Crippen LogP contribution < -0.4 is 15.4 Å². The van der Waals surface area contributed by atoms with Crippen LogP contribution in [0.5, 0.6) is 5.75 Å². The Kier molecular flexibility index (Phi) is 17.7. The molecule has 55 heavy (non-hydrogen) atoms. The molecule has 302 valence electrons. The van der Waals surface area contributed by atoms with Gasteiger partial charge in [0.05, 0.1) is 12.3 Å². The molecule has 2 fully saturated rings. The fourth-order valence-electron chi connectivity index (χ4n) is 7.85. The first kappa shape index (κ1) is 43.5. The third-order valence-electron chi connectivity index (χ3n) is 11.4. The van der Waals surface area contributed by atoms with Gasteiger partial charge in [-0.3, -0.25) is 19.2 Å². The molecule has 4 rings (SSSR count). The largest absolute Gasteiger partial charge is 0.491 e. The summed E-state index contributed by atoms with van der Waals surface area (Å²) in [5.41, 5.74) is 0.734. The first-order valence-electron chi connectivity index (χ1n) is 21.2. The van der Waals surface area contributed by atoms with Gasteiger partial charge < -0.3 is 20.3 Å². The Hall–Kier alpha value is -4.21. The summed E-state index contributed by atoms with van der Waals surface area (Å²) in [4.78, 5) is 71.9. The lowest BCUT2D eigenvalue weighted by molar-refractivity contribution is -0.143. The van der Waals surface area contributed by atoms with Crippen LogP contribution in [0.15, 0.2) is 48.5 Å². The second-order valence-electron chi connectivity index (χ2n) is 15.9. The number of ketones is 1. The molecular weight excluding hydrogens is 693 g/mol. The van der Waals surface area contributed by atoms with E-state index in [9.17, 15) is 24.0 Å². The molecule has 0 aromatic heterocycles. The highest BCUT2D eigenvalue weighted by molar-refractivity contribution is 6.19. The van der Waals surface area contributed by atoms with Crippen LogP contribution in [0, 0.1) is 11.3 Å². The van der Waals surface area contributed by atoms with Gasteiger partial charge in [0.2, 0.25) is 5.91 Å². The number of imide groups is 1. The van der Waals surface area contributed by atoms with Crippen LogP contribution in [0.4, 0.5) is 16.2 Å². The molecule has 2 aromatic carbocycles. The Morgan fingerprint density at radius 2 is 1.42 bits per heavy atom. The smallest absolute Gasteiger partial charge is 0.328 e. The van der Waals surface area contributed by atoms with Gasteiger partial charge in [0.25, 0.3) is 11.8 Å². The maximum Gasteiger partial charge on any atom is 0.328 e. The Balaban J connectivity index is 1.54. The average Bonchev–Trinajstić information content (AvgIpc) is 3.74. The van der Waals surface area contributed by atoms with E-state index in [-0.39, 0.29) is 30.6 Å². The number of rotatable bonds is 25. The van der Waals surface area contributed by atoms with Crippen molar-refractivity contribution in [1.29, 1.82) is 0 Å². The second-order valence-corrected chi connectivity index (χ2v) is 15.9. The number of ether oxygens (including phenoxy) is 1. The summed E-state index contributed by atoms with van der Waals surface area (Å²) in [6, 6.07) is 12.1. The van der Waals surface area contributed by atoms with E-state index < -0.39 is 35.1 Å². The van der Waals surface area contributed by atoms with Crippen LogP contribution in [-0.4, -0.2) is 58.5 Å². The van der Waals surface area contributed by atoms with Crippen LogP contribution in [0.25, 0.3) is 0 Å². The summed E-state index contributed by atoms with van der Waals surface area (Å²) in [5, 5.41) is 5.91. The van der Waals surface area contributed by atoms with Gasteiger partial charge in [0.15, 0.2) is 11.8 Å². The lowest BCUT2D eigenvalue weighted by atomic mass is 9.80. The lowest BCUT2D eigenvalue weighted by Crippen LogP contribution is -2.55. The molecule has 1 aliphatic carbocycles. The van der Waals surface area contributed by atoms with Crippen LogP contribution in [0.1, 0.15) is 149 Å². The number of hydrogen-bond acceptors (Lipinski definition) is 6. The molecule has 2 unspecified atom stereocenters. The molecule has 1 saturated carbocycles. The van der Waals surface area contributed by atoms with Crippen molar-refractivity contribution >= 4 is 40.9 Å². The minimum Gasteiger partial charge on any atom is -0.491 e. The zero-order chi connectivity index (χ0) is 39.6. The molecule has 2 atom stereocenters. The van der Waals surface area contributed by atoms with Crippen molar-refractivity contribution in [3.05, 3.63) is 54.1 Å². The highest BCUT2D eigenvalue weighted by atomic mass is 16.5. The highest BCUT2D eigenvalue weighted by Gasteiger charge is 2.51. The standard InChI is InChI=1S/C45H66N4O6/c1-5-8-10-11-12-13-14-15-16-22-30-55-38-27-26-36(46-42(52)35(7-3)25-9-6-2)31-37(38)47-43(53)40(41(51)45(4)28-20-21-29-45)49-39(50)33-48(44(49)54)32-34-23-18-17-19-24-34/h17-19,23-24,26-27,31,35,40H,5-16,20-22,25,28-30,32-33H2,1-4H3,(H,46,52)(H,47,53). The number of nitrogens with zero attached hydrogens (tertiary/aromatic N) is 2. The molecule has 0 spiro atoms. The predicted octanol–water partition coefficient (Wildman–Crippen LogP) is 10.1. The third kappa shape index (κ3) is 12.7. The van der Waals surface area contributed by atoms with Gasteiger partial charge in [-0.15, -0.1) is 0 Å². The van der Waals surface area contributed by atoms with Crippen LogP contribution in [0.2, 0.25) is 0 Å². The molecule has 2 aliphatic rings. The number of nitrogens with one attached hydrogen (secondary N) is 2. The quantitative estimate of drug-likeness (QED) is 0.0590. The Bertz CT molecular complexity index is 1560. The van der Waals surface area contributed by atoms with E-state index in [1.54, 1.807) is 18.2 Å². The lowest BCUT2D eigenvalue weighted by Gasteiger charge is -2.31. The first-order valence-corrected chi connectivity index (χ1v) is 21.2. The molecule has 1 saturated heterocycles. The SMILES string of the molecule is CCCCCCCCCCCCOc1ccc(NC(=O)C(CC)CCCC)cc1NC(=O)C(C(=O)C1(C)CCCC1)N1C(=O)CN(Cc2ccccc2)C1=O. The Morgan fingerprint density at radius 1 is 0.782 bits per heavy atom. The first-order chi connectivity index (χ1) is 26.6. The van der Waals surface area contributed by atoms with E-state index in [1.165, 1.54) is 49.8 Å². The zero-order valence-electron chi connectivity index (χ0n) is 34.0. The predicted molar refractivity (Wildman–Crippen MR) is 219 cm³/mol. The van der Waals surface area contributed by atoms with Crippen molar-refractivity contribution in [2.45, 2.75) is 156 Å². The number of carbonyl (C=O) groups excluding carboxylic acids is 5. The van der Waals surface area contributed by atoms with Crippen LogP contribution in [-0.2, 0) is 25.7 Å². The molecule has 2 aromatic rings. The molecule has 0 bridgehead atoms. The summed E-state index contributed by atoms with van der Waals surface area (Å²) < 4.78 is 6.23. The van der Waals surface area contributed by atoms with E-state index >= 15 is 0 Å². The summed E-state index contributed by atoms with van der Waals surface area (Å²) >= 11 is 0. The van der Waals surface area contributed by atoms with Crippen molar-refractivity contribution in [3.63, 3.8) is 0 Å². The molecule has 5 amide bonds. The number of hydrogen-bond donors (Lipinski definition) is 2. The van der Waals surface area contributed by atoms with Crippen molar-refractivity contribution < 1.29 is 28.7 Å². The van der Waals surface area contributed by atoms with Gasteiger partial charge >= 0.3 is 6.03 Å². The maximum absolute atomic E-state index is 14.5. The van der Waals surface area contributed by atoms with Gasteiger partial charge in [-0.25, -0.2) is 9.69 Å².